The van der Waals surface area contributed by atoms with Crippen LogP contribution >= 0.6 is 11.6 Å². The number of halogens is 1. The third-order valence-electron chi connectivity index (χ3n) is 5.65. The van der Waals surface area contributed by atoms with Crippen LogP contribution in [0.4, 0.5) is 0 Å². The van der Waals surface area contributed by atoms with Gasteiger partial charge in [0.25, 0.3) is 5.91 Å². The molecular formula is C22H25ClN4O3. The number of fused-ring (bicyclic) bond motifs is 1. The molecule has 2 heterocycles. The molecule has 158 valence electrons. The predicted molar refractivity (Wildman–Crippen MR) is 118 cm³/mol. The lowest BCUT2D eigenvalue weighted by atomic mass is 10.0. The average molecular weight is 429 g/mol. The average Bonchev–Trinajstić information content (AvgIpc) is 3.09. The molecule has 2 N–H and O–H groups in total. The number of carbonyl (C=O) groups excluding carboxylic acids is 1. The third-order valence-corrected chi connectivity index (χ3v) is 5.88. The van der Waals surface area contributed by atoms with Crippen molar-refractivity contribution in [3.05, 3.63) is 63.5 Å². The Bertz CT molecular complexity index is 1100. The van der Waals surface area contributed by atoms with Crippen LogP contribution in [-0.4, -0.2) is 53.6 Å². The first kappa shape index (κ1) is 20.5. The SMILES string of the molecule is COc1cccc(C(=O)NCCN2CCC(n3c(=O)[nH]c4cc(Cl)ccc43)CC2)c1. The van der Waals surface area contributed by atoms with E-state index in [1.54, 1.807) is 31.4 Å². The number of hydrogen-bond donors (Lipinski definition) is 2. The van der Waals surface area contributed by atoms with Crippen LogP contribution in [0.1, 0.15) is 29.2 Å². The molecule has 2 aromatic carbocycles. The number of carbonyl (C=O) groups is 1. The second-order valence-electron chi connectivity index (χ2n) is 7.52. The Labute approximate surface area is 179 Å². The fourth-order valence-electron chi connectivity index (χ4n) is 4.06. The molecule has 1 aromatic heterocycles. The summed E-state index contributed by atoms with van der Waals surface area (Å²) < 4.78 is 7.02. The zero-order valence-electron chi connectivity index (χ0n) is 16.9. The zero-order valence-corrected chi connectivity index (χ0v) is 17.6. The summed E-state index contributed by atoms with van der Waals surface area (Å²) >= 11 is 6.04. The van der Waals surface area contributed by atoms with Crippen molar-refractivity contribution < 1.29 is 9.53 Å². The highest BCUT2D eigenvalue weighted by Crippen LogP contribution is 2.26. The number of H-pyrrole nitrogens is 1. The Hall–Kier alpha value is -2.77. The summed E-state index contributed by atoms with van der Waals surface area (Å²) in [6.07, 6.45) is 1.78. The van der Waals surface area contributed by atoms with Gasteiger partial charge in [-0.15, -0.1) is 0 Å². The van der Waals surface area contributed by atoms with Crippen LogP contribution in [0.3, 0.4) is 0 Å². The monoisotopic (exact) mass is 428 g/mol. The smallest absolute Gasteiger partial charge is 0.326 e. The standard InChI is InChI=1S/C22H25ClN4O3/c1-30-18-4-2-3-15(13-18)21(28)24-9-12-26-10-7-17(8-11-26)27-20-6-5-16(23)14-19(20)25-22(27)29/h2-6,13-14,17H,7-12H2,1H3,(H,24,28)(H,25,29). The van der Waals surface area contributed by atoms with E-state index in [9.17, 15) is 9.59 Å². The van der Waals surface area contributed by atoms with E-state index in [2.05, 4.69) is 15.2 Å². The zero-order chi connectivity index (χ0) is 21.1. The van der Waals surface area contributed by atoms with Gasteiger partial charge < -0.3 is 19.9 Å². The number of likely N-dealkylation sites (tertiary alicyclic amines) is 1. The number of rotatable bonds is 6. The summed E-state index contributed by atoms with van der Waals surface area (Å²) in [7, 11) is 1.58. The fourth-order valence-corrected chi connectivity index (χ4v) is 4.23. The van der Waals surface area contributed by atoms with Crippen molar-refractivity contribution in [2.75, 3.05) is 33.3 Å². The Morgan fingerprint density at radius 2 is 2.03 bits per heavy atom. The highest BCUT2D eigenvalue weighted by Gasteiger charge is 2.23. The first-order chi connectivity index (χ1) is 14.5. The maximum atomic E-state index is 12.5. The summed E-state index contributed by atoms with van der Waals surface area (Å²) in [4.78, 5) is 30.0. The molecule has 1 aliphatic heterocycles. The summed E-state index contributed by atoms with van der Waals surface area (Å²) in [5.74, 6) is 0.562. The molecule has 0 spiro atoms. The van der Waals surface area contributed by atoms with E-state index < -0.39 is 0 Å². The number of nitrogens with one attached hydrogen (secondary N) is 2. The number of nitrogens with zero attached hydrogens (tertiary/aromatic N) is 2. The number of imidazole rings is 1. The van der Waals surface area contributed by atoms with Crippen molar-refractivity contribution in [1.29, 1.82) is 0 Å². The second kappa shape index (κ2) is 8.93. The van der Waals surface area contributed by atoms with Crippen molar-refractivity contribution in [1.82, 2.24) is 19.8 Å². The molecule has 0 atom stereocenters. The van der Waals surface area contributed by atoms with Crippen LogP contribution in [0.25, 0.3) is 11.0 Å². The number of benzene rings is 2. The van der Waals surface area contributed by atoms with Gasteiger partial charge in [-0.05, 0) is 49.2 Å². The molecule has 7 nitrogen and oxygen atoms in total. The molecule has 0 aliphatic carbocycles. The molecule has 0 radical (unpaired) electrons. The van der Waals surface area contributed by atoms with Crippen molar-refractivity contribution in [3.63, 3.8) is 0 Å². The van der Waals surface area contributed by atoms with Crippen LogP contribution in [0.5, 0.6) is 5.75 Å². The van der Waals surface area contributed by atoms with Gasteiger partial charge in [0.1, 0.15) is 5.75 Å². The molecule has 0 bridgehead atoms. The van der Waals surface area contributed by atoms with E-state index in [0.29, 0.717) is 22.9 Å². The van der Waals surface area contributed by atoms with Gasteiger partial charge >= 0.3 is 5.69 Å². The van der Waals surface area contributed by atoms with Crippen molar-refractivity contribution >= 4 is 28.5 Å². The number of amides is 1. The van der Waals surface area contributed by atoms with E-state index in [1.807, 2.05) is 22.8 Å². The van der Waals surface area contributed by atoms with E-state index in [0.717, 1.165) is 43.5 Å². The lowest BCUT2D eigenvalue weighted by molar-refractivity contribution is 0.0944. The van der Waals surface area contributed by atoms with E-state index in [1.165, 1.54) is 0 Å². The minimum atomic E-state index is -0.104. The normalized spacial score (nSPS) is 15.4. The second-order valence-corrected chi connectivity index (χ2v) is 7.96. The van der Waals surface area contributed by atoms with Crippen molar-refractivity contribution in [2.24, 2.45) is 0 Å². The maximum Gasteiger partial charge on any atom is 0.326 e. The quantitative estimate of drug-likeness (QED) is 0.632. The lowest BCUT2D eigenvalue weighted by Gasteiger charge is -2.32. The molecule has 30 heavy (non-hydrogen) atoms. The van der Waals surface area contributed by atoms with Gasteiger partial charge in [-0.25, -0.2) is 4.79 Å². The fraction of sp³-hybridized carbons (Fsp3) is 0.364. The molecule has 0 saturated carbocycles. The first-order valence-corrected chi connectivity index (χ1v) is 10.5. The van der Waals surface area contributed by atoms with Crippen LogP contribution in [0.2, 0.25) is 5.02 Å². The summed E-state index contributed by atoms with van der Waals surface area (Å²) in [5, 5.41) is 3.58. The summed E-state index contributed by atoms with van der Waals surface area (Å²) in [6, 6.07) is 12.8. The summed E-state index contributed by atoms with van der Waals surface area (Å²) in [5.41, 5.74) is 2.17. The maximum absolute atomic E-state index is 12.5. The molecule has 8 heteroatoms. The Balaban J connectivity index is 1.30. The third kappa shape index (κ3) is 4.37. The van der Waals surface area contributed by atoms with E-state index >= 15 is 0 Å². The predicted octanol–water partition coefficient (Wildman–Crippen LogP) is 3.06. The van der Waals surface area contributed by atoms with Gasteiger partial charge in [-0.2, -0.15) is 0 Å². The Morgan fingerprint density at radius 3 is 2.80 bits per heavy atom. The van der Waals surface area contributed by atoms with E-state index in [4.69, 9.17) is 16.3 Å². The van der Waals surface area contributed by atoms with Crippen molar-refractivity contribution in [3.8, 4) is 5.75 Å². The molecule has 1 fully saturated rings. The minimum absolute atomic E-state index is 0.0868. The number of piperidine rings is 1. The summed E-state index contributed by atoms with van der Waals surface area (Å²) in [6.45, 7) is 3.12. The van der Waals surface area contributed by atoms with Gasteiger partial charge in [0.15, 0.2) is 0 Å². The van der Waals surface area contributed by atoms with Gasteiger partial charge in [0.05, 0.1) is 18.1 Å². The van der Waals surface area contributed by atoms with Crippen LogP contribution in [-0.2, 0) is 0 Å². The molecular weight excluding hydrogens is 404 g/mol. The number of methoxy groups -OCH3 is 1. The molecule has 1 saturated heterocycles. The molecule has 3 aromatic rings. The highest BCUT2D eigenvalue weighted by atomic mass is 35.5. The minimum Gasteiger partial charge on any atom is -0.497 e. The highest BCUT2D eigenvalue weighted by molar-refractivity contribution is 6.31. The van der Waals surface area contributed by atoms with Crippen molar-refractivity contribution in [2.45, 2.75) is 18.9 Å². The van der Waals surface area contributed by atoms with Gasteiger partial charge in [-0.3, -0.25) is 9.36 Å². The van der Waals surface area contributed by atoms with Gasteiger partial charge in [0, 0.05) is 42.8 Å². The number of aromatic nitrogens is 2. The molecule has 4 rings (SSSR count). The number of hydrogen-bond acceptors (Lipinski definition) is 4. The molecule has 1 amide bonds. The Morgan fingerprint density at radius 1 is 1.23 bits per heavy atom. The largest absolute Gasteiger partial charge is 0.497 e. The number of ether oxygens (including phenoxy) is 1. The topological polar surface area (TPSA) is 79.4 Å². The van der Waals surface area contributed by atoms with Crippen LogP contribution in [0.15, 0.2) is 47.3 Å². The molecule has 0 unspecified atom stereocenters. The van der Waals surface area contributed by atoms with Crippen LogP contribution in [0, 0.1) is 0 Å². The lowest BCUT2D eigenvalue weighted by Crippen LogP contribution is -2.41. The molecule has 1 aliphatic rings. The van der Waals surface area contributed by atoms with E-state index in [-0.39, 0.29) is 17.6 Å². The first-order valence-electron chi connectivity index (χ1n) is 10.1. The van der Waals surface area contributed by atoms with Crippen LogP contribution < -0.4 is 15.7 Å². The van der Waals surface area contributed by atoms with Gasteiger partial charge in [-0.1, -0.05) is 17.7 Å². The Kier molecular flexibility index (Phi) is 6.11. The van der Waals surface area contributed by atoms with Gasteiger partial charge in [0.2, 0.25) is 0 Å². The number of aromatic amines is 1.